The zero-order chi connectivity index (χ0) is 11.1. The predicted molar refractivity (Wildman–Crippen MR) is 61.0 cm³/mol. The molecule has 1 aromatic heterocycles. The lowest BCUT2D eigenvalue weighted by Crippen LogP contribution is -2.21. The van der Waals surface area contributed by atoms with Gasteiger partial charge in [0, 0.05) is 24.9 Å². The average Bonchev–Trinajstić information content (AvgIpc) is 2.24. The Labute approximate surface area is 90.4 Å². The van der Waals surface area contributed by atoms with E-state index in [-0.39, 0.29) is 12.2 Å². The van der Waals surface area contributed by atoms with Crippen molar-refractivity contribution in [3.05, 3.63) is 34.2 Å². The summed E-state index contributed by atoms with van der Waals surface area (Å²) in [7, 11) is 0. The second-order valence-electron chi connectivity index (χ2n) is 3.83. The van der Waals surface area contributed by atoms with Gasteiger partial charge >= 0.3 is 0 Å². The van der Waals surface area contributed by atoms with E-state index in [1.54, 1.807) is 4.57 Å². The van der Waals surface area contributed by atoms with Gasteiger partial charge in [-0.1, -0.05) is 18.9 Å². The molecule has 0 spiro atoms. The number of nitrogens with zero attached hydrogens (tertiary/aromatic N) is 1. The fourth-order valence-electron chi connectivity index (χ4n) is 1.58. The van der Waals surface area contributed by atoms with E-state index in [1.165, 1.54) is 0 Å². The number of hydrogen-bond acceptors (Lipinski definition) is 2. The highest BCUT2D eigenvalue weighted by Crippen LogP contribution is 2.01. The molecule has 0 unspecified atom stereocenters. The molecular formula is C12H19NO2. The quantitative estimate of drug-likeness (QED) is 0.725. The number of aromatic nitrogens is 1. The number of unbranched alkanes of at least 4 members (excludes halogenated alkanes) is 3. The van der Waals surface area contributed by atoms with Crippen LogP contribution in [0.2, 0.25) is 0 Å². The van der Waals surface area contributed by atoms with Crippen LogP contribution >= 0.6 is 0 Å². The van der Waals surface area contributed by atoms with Crippen LogP contribution in [0.5, 0.6) is 0 Å². The van der Waals surface area contributed by atoms with Crippen LogP contribution in [-0.2, 0) is 6.54 Å². The molecule has 1 rings (SSSR count). The van der Waals surface area contributed by atoms with Crippen LogP contribution in [0.4, 0.5) is 0 Å². The Morgan fingerprint density at radius 1 is 1.27 bits per heavy atom. The maximum atomic E-state index is 11.6. The van der Waals surface area contributed by atoms with Crippen molar-refractivity contribution in [2.24, 2.45) is 0 Å². The number of aliphatic hydroxyl groups is 1. The number of rotatable bonds is 6. The number of hydrogen-bond donors (Lipinski definition) is 1. The van der Waals surface area contributed by atoms with Crippen molar-refractivity contribution >= 4 is 0 Å². The second-order valence-corrected chi connectivity index (χ2v) is 3.83. The molecule has 1 heterocycles. The topological polar surface area (TPSA) is 42.2 Å². The van der Waals surface area contributed by atoms with E-state index in [4.69, 9.17) is 5.11 Å². The summed E-state index contributed by atoms with van der Waals surface area (Å²) in [5.41, 5.74) is 0.910. The summed E-state index contributed by atoms with van der Waals surface area (Å²) in [6, 6.07) is 3.75. The smallest absolute Gasteiger partial charge is 0.253 e. The first-order valence-electron chi connectivity index (χ1n) is 5.52. The molecule has 0 atom stereocenters. The molecule has 0 saturated heterocycles. The van der Waals surface area contributed by atoms with E-state index < -0.39 is 0 Å². The molecule has 15 heavy (non-hydrogen) atoms. The SMILES string of the molecule is Cc1cccn(CCCCCCO)c1=O. The fraction of sp³-hybridized carbons (Fsp3) is 0.583. The molecule has 0 amide bonds. The van der Waals surface area contributed by atoms with Gasteiger partial charge in [-0.3, -0.25) is 4.79 Å². The summed E-state index contributed by atoms with van der Waals surface area (Å²) in [6.45, 7) is 2.89. The number of pyridine rings is 1. The molecular weight excluding hydrogens is 190 g/mol. The molecule has 0 aliphatic heterocycles. The fourth-order valence-corrected chi connectivity index (χ4v) is 1.58. The summed E-state index contributed by atoms with van der Waals surface area (Å²) in [5.74, 6) is 0. The minimum absolute atomic E-state index is 0.111. The van der Waals surface area contributed by atoms with Crippen molar-refractivity contribution in [3.63, 3.8) is 0 Å². The van der Waals surface area contributed by atoms with E-state index in [9.17, 15) is 4.79 Å². The van der Waals surface area contributed by atoms with Gasteiger partial charge in [0.25, 0.3) is 5.56 Å². The molecule has 84 valence electrons. The minimum Gasteiger partial charge on any atom is -0.396 e. The Bertz CT molecular complexity index is 344. The summed E-state index contributed by atoms with van der Waals surface area (Å²) < 4.78 is 1.76. The first-order valence-corrected chi connectivity index (χ1v) is 5.52. The van der Waals surface area contributed by atoms with Gasteiger partial charge in [-0.15, -0.1) is 0 Å². The Kier molecular flexibility index (Phi) is 5.12. The highest BCUT2D eigenvalue weighted by Gasteiger charge is 1.97. The lowest BCUT2D eigenvalue weighted by atomic mass is 10.2. The van der Waals surface area contributed by atoms with E-state index >= 15 is 0 Å². The number of aryl methyl sites for hydroxylation is 2. The highest BCUT2D eigenvalue weighted by atomic mass is 16.2. The van der Waals surface area contributed by atoms with Gasteiger partial charge in [-0.25, -0.2) is 0 Å². The lowest BCUT2D eigenvalue weighted by molar-refractivity contribution is 0.282. The Morgan fingerprint density at radius 3 is 2.73 bits per heavy atom. The molecule has 3 heteroatoms. The average molecular weight is 209 g/mol. The first-order chi connectivity index (χ1) is 7.25. The summed E-state index contributed by atoms with van der Waals surface area (Å²) >= 11 is 0. The Morgan fingerprint density at radius 2 is 2.00 bits per heavy atom. The van der Waals surface area contributed by atoms with Crippen molar-refractivity contribution in [1.82, 2.24) is 4.57 Å². The monoisotopic (exact) mass is 209 g/mol. The third-order valence-corrected chi connectivity index (χ3v) is 2.52. The second kappa shape index (κ2) is 6.40. The van der Waals surface area contributed by atoms with Gasteiger partial charge < -0.3 is 9.67 Å². The van der Waals surface area contributed by atoms with Gasteiger partial charge in [0.1, 0.15) is 0 Å². The molecule has 0 aromatic carbocycles. The highest BCUT2D eigenvalue weighted by molar-refractivity contribution is 5.07. The van der Waals surface area contributed by atoms with Crippen molar-refractivity contribution in [2.75, 3.05) is 6.61 Å². The van der Waals surface area contributed by atoms with Gasteiger partial charge in [0.15, 0.2) is 0 Å². The van der Waals surface area contributed by atoms with Crippen molar-refractivity contribution in [2.45, 2.75) is 39.2 Å². The predicted octanol–water partition coefficient (Wildman–Crippen LogP) is 1.71. The van der Waals surface area contributed by atoms with Crippen molar-refractivity contribution < 1.29 is 5.11 Å². The molecule has 0 radical (unpaired) electrons. The van der Waals surface area contributed by atoms with E-state index in [0.29, 0.717) is 0 Å². The summed E-state index contributed by atoms with van der Waals surface area (Å²) in [6.07, 6.45) is 5.81. The Hall–Kier alpha value is -1.09. The Balaban J connectivity index is 2.38. The van der Waals surface area contributed by atoms with Gasteiger partial charge in [-0.2, -0.15) is 0 Å². The third-order valence-electron chi connectivity index (χ3n) is 2.52. The van der Waals surface area contributed by atoms with Crippen LogP contribution < -0.4 is 5.56 Å². The molecule has 1 N–H and O–H groups in total. The minimum atomic E-state index is 0.111. The molecule has 1 aromatic rings. The van der Waals surface area contributed by atoms with Gasteiger partial charge in [-0.05, 0) is 25.8 Å². The first kappa shape index (κ1) is 12.0. The van der Waals surface area contributed by atoms with Crippen LogP contribution in [-0.4, -0.2) is 16.3 Å². The van der Waals surface area contributed by atoms with Gasteiger partial charge in [0.05, 0.1) is 0 Å². The maximum Gasteiger partial charge on any atom is 0.253 e. The zero-order valence-electron chi connectivity index (χ0n) is 9.28. The van der Waals surface area contributed by atoms with E-state index in [0.717, 1.165) is 37.8 Å². The molecule has 0 saturated carbocycles. The van der Waals surface area contributed by atoms with Crippen molar-refractivity contribution in [1.29, 1.82) is 0 Å². The summed E-state index contributed by atoms with van der Waals surface area (Å²) in [5, 5.41) is 8.61. The van der Waals surface area contributed by atoms with E-state index in [1.807, 2.05) is 25.3 Å². The largest absolute Gasteiger partial charge is 0.396 e. The zero-order valence-corrected chi connectivity index (χ0v) is 9.28. The third kappa shape index (κ3) is 3.88. The molecule has 0 aliphatic rings. The van der Waals surface area contributed by atoms with Crippen LogP contribution in [0.15, 0.2) is 23.1 Å². The lowest BCUT2D eigenvalue weighted by Gasteiger charge is -2.05. The number of aliphatic hydroxyl groups excluding tert-OH is 1. The van der Waals surface area contributed by atoms with Gasteiger partial charge in [0.2, 0.25) is 0 Å². The molecule has 0 fully saturated rings. The van der Waals surface area contributed by atoms with E-state index in [2.05, 4.69) is 0 Å². The maximum absolute atomic E-state index is 11.6. The summed E-state index contributed by atoms with van der Waals surface area (Å²) in [4.78, 5) is 11.6. The standard InChI is InChI=1S/C12H19NO2/c1-11-7-6-9-13(12(11)15)8-4-2-3-5-10-14/h6-7,9,14H,2-5,8,10H2,1H3. The molecule has 3 nitrogen and oxygen atoms in total. The van der Waals surface area contributed by atoms with Crippen LogP contribution in [0.25, 0.3) is 0 Å². The van der Waals surface area contributed by atoms with Crippen LogP contribution in [0.3, 0.4) is 0 Å². The van der Waals surface area contributed by atoms with Crippen molar-refractivity contribution in [3.8, 4) is 0 Å². The molecule has 0 bridgehead atoms. The molecule has 0 aliphatic carbocycles. The normalized spacial score (nSPS) is 10.5. The van der Waals surface area contributed by atoms with Crippen LogP contribution in [0, 0.1) is 6.92 Å². The van der Waals surface area contributed by atoms with Crippen LogP contribution in [0.1, 0.15) is 31.2 Å².